The standard InChI is InChI=1S/C32H26N4O4/c1-32(2,3)31-34-28-26-24(20-13-15-21(16-14-20)38-17-19-9-5-4-6-10-19)25-27(40-29(26)33-18-36(28)35-31)22-11-7-8-12-23(22)39-30(25)37/h4-16,18,24H,17H2,1-3H3. The van der Waals surface area contributed by atoms with Crippen molar-refractivity contribution in [2.75, 3.05) is 0 Å². The predicted molar refractivity (Wildman–Crippen MR) is 150 cm³/mol. The molecule has 8 heteroatoms. The highest BCUT2D eigenvalue weighted by Crippen LogP contribution is 2.49. The SMILES string of the molecule is CC(C)(C)c1nc2c3c(ncn2n1)Oc1c(c(=O)oc2ccccc12)C3c1ccc(OCc2ccccc2)cc1. The van der Waals surface area contributed by atoms with Gasteiger partial charge in [-0.1, -0.05) is 75.4 Å². The first-order valence-electron chi connectivity index (χ1n) is 13.1. The lowest BCUT2D eigenvalue weighted by atomic mass is 9.84. The lowest BCUT2D eigenvalue weighted by Gasteiger charge is -2.27. The molecule has 8 nitrogen and oxygen atoms in total. The van der Waals surface area contributed by atoms with Gasteiger partial charge >= 0.3 is 5.63 Å². The summed E-state index contributed by atoms with van der Waals surface area (Å²) in [5, 5.41) is 5.38. The minimum atomic E-state index is -0.545. The van der Waals surface area contributed by atoms with E-state index in [1.165, 1.54) is 0 Å². The van der Waals surface area contributed by atoms with Crippen LogP contribution in [0, 0.1) is 0 Å². The van der Waals surface area contributed by atoms with Crippen LogP contribution in [0.3, 0.4) is 0 Å². The smallest absolute Gasteiger partial charge is 0.344 e. The van der Waals surface area contributed by atoms with Crippen molar-refractivity contribution in [1.82, 2.24) is 19.6 Å². The van der Waals surface area contributed by atoms with Crippen LogP contribution in [0.25, 0.3) is 16.6 Å². The molecule has 1 unspecified atom stereocenters. The maximum atomic E-state index is 13.6. The van der Waals surface area contributed by atoms with E-state index >= 15 is 0 Å². The van der Waals surface area contributed by atoms with Crippen LogP contribution in [0.2, 0.25) is 0 Å². The van der Waals surface area contributed by atoms with Gasteiger partial charge in [0.1, 0.15) is 24.3 Å². The topological polar surface area (TPSA) is 91.8 Å². The van der Waals surface area contributed by atoms with Gasteiger partial charge in [0, 0.05) is 5.41 Å². The zero-order valence-corrected chi connectivity index (χ0v) is 22.3. The summed E-state index contributed by atoms with van der Waals surface area (Å²) in [4.78, 5) is 23.1. The lowest BCUT2D eigenvalue weighted by Crippen LogP contribution is -2.22. The van der Waals surface area contributed by atoms with Crippen molar-refractivity contribution in [2.45, 2.75) is 38.7 Å². The molecule has 7 rings (SSSR count). The molecule has 0 saturated heterocycles. The molecular weight excluding hydrogens is 504 g/mol. The molecular formula is C32H26N4O4. The van der Waals surface area contributed by atoms with Gasteiger partial charge in [-0.3, -0.25) is 0 Å². The molecule has 0 radical (unpaired) electrons. The molecule has 198 valence electrons. The fourth-order valence-electron chi connectivity index (χ4n) is 5.08. The van der Waals surface area contributed by atoms with E-state index in [1.807, 2.05) is 72.8 Å². The number of benzene rings is 3. The van der Waals surface area contributed by atoms with E-state index in [-0.39, 0.29) is 5.41 Å². The molecule has 0 bridgehead atoms. The van der Waals surface area contributed by atoms with Gasteiger partial charge in [-0.25, -0.2) is 19.3 Å². The highest BCUT2D eigenvalue weighted by Gasteiger charge is 2.38. The van der Waals surface area contributed by atoms with Gasteiger partial charge in [-0.15, -0.1) is 5.10 Å². The van der Waals surface area contributed by atoms with Gasteiger partial charge < -0.3 is 13.9 Å². The monoisotopic (exact) mass is 530 g/mol. The number of aromatic nitrogens is 4. The molecule has 0 fully saturated rings. The summed E-state index contributed by atoms with van der Waals surface area (Å²) < 4.78 is 19.8. The second-order valence-electron chi connectivity index (χ2n) is 10.9. The lowest BCUT2D eigenvalue weighted by molar-refractivity contribution is 0.306. The van der Waals surface area contributed by atoms with Crippen LogP contribution in [0.4, 0.5) is 0 Å². The van der Waals surface area contributed by atoms with Crippen molar-refractivity contribution < 1.29 is 13.9 Å². The molecule has 0 amide bonds. The molecule has 4 heterocycles. The summed E-state index contributed by atoms with van der Waals surface area (Å²) >= 11 is 0. The Hall–Kier alpha value is -4.98. The maximum Gasteiger partial charge on any atom is 0.344 e. The van der Waals surface area contributed by atoms with Crippen molar-refractivity contribution in [2.24, 2.45) is 0 Å². The van der Waals surface area contributed by atoms with E-state index in [2.05, 4.69) is 30.9 Å². The molecule has 3 aromatic carbocycles. The van der Waals surface area contributed by atoms with Gasteiger partial charge in [0.05, 0.1) is 22.4 Å². The Morgan fingerprint density at radius 3 is 2.45 bits per heavy atom. The van der Waals surface area contributed by atoms with Gasteiger partial charge in [0.2, 0.25) is 5.88 Å². The van der Waals surface area contributed by atoms with Crippen LogP contribution in [0.15, 0.2) is 94.4 Å². The fraction of sp³-hybridized carbons (Fsp3) is 0.188. The van der Waals surface area contributed by atoms with E-state index in [4.69, 9.17) is 18.9 Å². The second kappa shape index (κ2) is 9.05. The molecule has 0 N–H and O–H groups in total. The molecule has 40 heavy (non-hydrogen) atoms. The van der Waals surface area contributed by atoms with Gasteiger partial charge in [-0.2, -0.15) is 0 Å². The highest BCUT2D eigenvalue weighted by atomic mass is 16.5. The third-order valence-electron chi connectivity index (χ3n) is 7.09. The minimum absolute atomic E-state index is 0.283. The van der Waals surface area contributed by atoms with Crippen LogP contribution in [-0.2, 0) is 12.0 Å². The Morgan fingerprint density at radius 2 is 1.68 bits per heavy atom. The maximum absolute atomic E-state index is 13.6. The van der Waals surface area contributed by atoms with E-state index in [0.717, 1.165) is 16.9 Å². The van der Waals surface area contributed by atoms with E-state index in [1.54, 1.807) is 16.9 Å². The predicted octanol–water partition coefficient (Wildman–Crippen LogP) is 6.39. The average molecular weight is 531 g/mol. The summed E-state index contributed by atoms with van der Waals surface area (Å²) in [6.07, 6.45) is 1.60. The third-order valence-corrected chi connectivity index (χ3v) is 7.09. The fourth-order valence-corrected chi connectivity index (χ4v) is 5.08. The first-order valence-corrected chi connectivity index (χ1v) is 13.1. The number of para-hydroxylation sites is 1. The molecule has 0 saturated carbocycles. The normalized spacial score (nSPS) is 14.5. The number of rotatable bonds is 4. The molecule has 6 aromatic rings. The van der Waals surface area contributed by atoms with Crippen molar-refractivity contribution in [1.29, 1.82) is 0 Å². The quantitative estimate of drug-likeness (QED) is 0.243. The summed E-state index contributed by atoms with van der Waals surface area (Å²) in [7, 11) is 0. The minimum Gasteiger partial charge on any atom is -0.489 e. The number of ether oxygens (including phenoxy) is 2. The van der Waals surface area contributed by atoms with E-state index in [0.29, 0.717) is 51.8 Å². The Labute approximate surface area is 229 Å². The Kier molecular flexibility index (Phi) is 5.45. The summed E-state index contributed by atoms with van der Waals surface area (Å²) in [6.45, 7) is 6.62. The molecule has 1 aliphatic heterocycles. The first-order chi connectivity index (χ1) is 19.4. The molecule has 1 atom stereocenters. The number of fused-ring (bicyclic) bond motifs is 6. The first kappa shape index (κ1) is 24.1. The van der Waals surface area contributed by atoms with Crippen LogP contribution in [-0.4, -0.2) is 19.6 Å². The van der Waals surface area contributed by atoms with Crippen LogP contribution in [0.5, 0.6) is 17.4 Å². The van der Waals surface area contributed by atoms with Crippen molar-refractivity contribution in [3.05, 3.63) is 124 Å². The van der Waals surface area contributed by atoms with Gasteiger partial charge in [0.15, 0.2) is 17.2 Å². The molecule has 1 aliphatic rings. The number of hydrogen-bond donors (Lipinski definition) is 0. The Bertz CT molecular complexity index is 1940. The van der Waals surface area contributed by atoms with Crippen LogP contribution >= 0.6 is 0 Å². The van der Waals surface area contributed by atoms with Gasteiger partial charge in [0.25, 0.3) is 0 Å². The highest BCUT2D eigenvalue weighted by molar-refractivity contribution is 5.86. The zero-order valence-electron chi connectivity index (χ0n) is 22.3. The zero-order chi connectivity index (χ0) is 27.4. The number of hydrogen-bond acceptors (Lipinski definition) is 7. The second-order valence-corrected chi connectivity index (χ2v) is 10.9. The van der Waals surface area contributed by atoms with Crippen molar-refractivity contribution >= 4 is 16.6 Å². The summed E-state index contributed by atoms with van der Waals surface area (Å²) in [5.74, 6) is 1.68. The third kappa shape index (κ3) is 4.00. The largest absolute Gasteiger partial charge is 0.489 e. The van der Waals surface area contributed by atoms with Crippen LogP contribution in [0.1, 0.15) is 54.8 Å². The summed E-state index contributed by atoms with van der Waals surface area (Å²) in [6, 6.07) is 25.1. The summed E-state index contributed by atoms with van der Waals surface area (Å²) in [5.41, 5.74) is 3.30. The van der Waals surface area contributed by atoms with Crippen molar-refractivity contribution in [3.63, 3.8) is 0 Å². The van der Waals surface area contributed by atoms with E-state index in [9.17, 15) is 4.79 Å². The average Bonchev–Trinajstić information content (AvgIpc) is 3.42. The molecule has 0 spiro atoms. The van der Waals surface area contributed by atoms with Gasteiger partial charge in [-0.05, 0) is 35.4 Å². The van der Waals surface area contributed by atoms with Crippen molar-refractivity contribution in [3.8, 4) is 17.4 Å². The van der Waals surface area contributed by atoms with E-state index < -0.39 is 11.5 Å². The Balaban J connectivity index is 1.40. The van der Waals surface area contributed by atoms with Crippen LogP contribution < -0.4 is 15.1 Å². The Morgan fingerprint density at radius 1 is 0.925 bits per heavy atom. The number of nitrogens with zero attached hydrogens (tertiary/aromatic N) is 4. The molecule has 3 aromatic heterocycles. The molecule has 0 aliphatic carbocycles.